The lowest BCUT2D eigenvalue weighted by molar-refractivity contribution is -0.256. The number of hydrogen-bond donors (Lipinski definition) is 0. The predicted octanol–water partition coefficient (Wildman–Crippen LogP) is 6.99. The number of rotatable bonds is 9. The average Bonchev–Trinajstić information content (AvgIpc) is 2.62. The molecule has 0 atom stereocenters. The molecular weight excluding hydrogens is 318 g/mol. The van der Waals surface area contributed by atoms with Crippen molar-refractivity contribution in [1.29, 1.82) is 0 Å². The van der Waals surface area contributed by atoms with Crippen molar-refractivity contribution < 1.29 is 13.5 Å². The van der Waals surface area contributed by atoms with Crippen LogP contribution in [-0.2, 0) is 11.3 Å². The fourth-order valence-corrected chi connectivity index (χ4v) is 3.56. The van der Waals surface area contributed by atoms with Gasteiger partial charge >= 0.3 is 6.11 Å². The molecule has 3 heteroatoms. The summed E-state index contributed by atoms with van der Waals surface area (Å²) in [6.45, 7) is 5.66. The highest BCUT2D eigenvalue weighted by Crippen LogP contribution is 2.38. The van der Waals surface area contributed by atoms with Crippen LogP contribution in [0.15, 0.2) is 43.0 Å². The van der Waals surface area contributed by atoms with Gasteiger partial charge in [-0.3, -0.25) is 0 Å². The molecule has 0 heterocycles. The maximum absolute atomic E-state index is 14.1. The van der Waals surface area contributed by atoms with Crippen LogP contribution in [0.4, 0.5) is 8.78 Å². The molecule has 0 unspecified atom stereocenters. The minimum absolute atomic E-state index is 0.0525. The van der Waals surface area contributed by atoms with Gasteiger partial charge in [0.1, 0.15) is 0 Å². The van der Waals surface area contributed by atoms with Crippen LogP contribution >= 0.6 is 0 Å². The van der Waals surface area contributed by atoms with E-state index in [-0.39, 0.29) is 18.9 Å². The van der Waals surface area contributed by atoms with E-state index in [2.05, 4.69) is 18.7 Å². The van der Waals surface area contributed by atoms with Gasteiger partial charge in [0, 0.05) is 6.42 Å². The fourth-order valence-electron chi connectivity index (χ4n) is 3.56. The van der Waals surface area contributed by atoms with Gasteiger partial charge in [-0.05, 0) is 55.6 Å². The molecule has 0 amide bonds. The lowest BCUT2D eigenvalue weighted by Crippen LogP contribution is -2.27. The predicted molar refractivity (Wildman–Crippen MR) is 100 cm³/mol. The van der Waals surface area contributed by atoms with Crippen LogP contribution in [0.3, 0.4) is 0 Å². The fraction of sp³-hybridized carbons (Fsp3) is 0.545. The third-order valence-corrected chi connectivity index (χ3v) is 5.14. The first-order valence-corrected chi connectivity index (χ1v) is 9.36. The second kappa shape index (κ2) is 9.86. The standard InChI is InChI=1S/C22H30F2O/c1-3-5-6-7-19-10-12-20(13-11-19)16-22(23,24)25-17-21-14-8-18(4-2)9-15-21/h3-5,8-9,14-15,19-20H,2,6-7,10-13,16-17H2,1H3/t19-,20-. The SMILES string of the molecule is C=Cc1ccc(COC(F)(F)C[C@H]2CC[C@H](CCC=CC)CC2)cc1. The summed E-state index contributed by atoms with van der Waals surface area (Å²) in [5.74, 6) is 0.779. The highest BCUT2D eigenvalue weighted by molar-refractivity contribution is 5.47. The second-order valence-corrected chi connectivity index (χ2v) is 7.11. The molecule has 2 rings (SSSR count). The van der Waals surface area contributed by atoms with Gasteiger partial charge in [-0.25, -0.2) is 0 Å². The van der Waals surface area contributed by atoms with E-state index < -0.39 is 6.11 Å². The molecule has 0 saturated heterocycles. The Morgan fingerprint density at radius 3 is 2.36 bits per heavy atom. The lowest BCUT2D eigenvalue weighted by atomic mass is 9.78. The summed E-state index contributed by atoms with van der Waals surface area (Å²) >= 11 is 0. The van der Waals surface area contributed by atoms with Crippen molar-refractivity contribution in [2.24, 2.45) is 11.8 Å². The number of allylic oxidation sites excluding steroid dienone is 2. The summed E-state index contributed by atoms with van der Waals surface area (Å²) in [6, 6.07) is 7.34. The molecule has 0 spiro atoms. The van der Waals surface area contributed by atoms with E-state index >= 15 is 0 Å². The van der Waals surface area contributed by atoms with Crippen LogP contribution in [-0.4, -0.2) is 6.11 Å². The number of halogens is 2. The zero-order chi connectivity index (χ0) is 18.1. The van der Waals surface area contributed by atoms with Crippen LogP contribution in [0.5, 0.6) is 0 Å². The Hall–Kier alpha value is -1.48. The molecule has 1 aliphatic carbocycles. The van der Waals surface area contributed by atoms with Gasteiger partial charge < -0.3 is 4.74 Å². The van der Waals surface area contributed by atoms with Gasteiger partial charge in [0.05, 0.1) is 6.61 Å². The highest BCUT2D eigenvalue weighted by Gasteiger charge is 2.35. The van der Waals surface area contributed by atoms with E-state index in [9.17, 15) is 8.78 Å². The Bertz CT molecular complexity index is 540. The molecule has 1 nitrogen and oxygen atoms in total. The maximum Gasteiger partial charge on any atom is 0.356 e. The number of alkyl halides is 2. The van der Waals surface area contributed by atoms with Crippen molar-refractivity contribution in [2.45, 2.75) is 64.6 Å². The van der Waals surface area contributed by atoms with E-state index in [1.54, 1.807) is 6.08 Å². The quantitative estimate of drug-likeness (QED) is 0.437. The molecule has 1 aromatic rings. The third-order valence-electron chi connectivity index (χ3n) is 5.14. The van der Waals surface area contributed by atoms with E-state index in [1.807, 2.05) is 31.2 Å². The van der Waals surface area contributed by atoms with Crippen LogP contribution < -0.4 is 0 Å². The van der Waals surface area contributed by atoms with Gasteiger partial charge in [0.2, 0.25) is 0 Å². The minimum atomic E-state index is -3.04. The molecule has 0 N–H and O–H groups in total. The number of ether oxygens (including phenoxy) is 1. The molecule has 0 aliphatic heterocycles. The van der Waals surface area contributed by atoms with E-state index in [0.717, 1.165) is 43.2 Å². The van der Waals surface area contributed by atoms with Gasteiger partial charge in [0.15, 0.2) is 0 Å². The first kappa shape index (κ1) is 19.8. The largest absolute Gasteiger partial charge is 0.356 e. The van der Waals surface area contributed by atoms with Crippen LogP contribution in [0.1, 0.15) is 63.0 Å². The minimum Gasteiger partial charge on any atom is -0.316 e. The Labute approximate surface area is 150 Å². The zero-order valence-electron chi connectivity index (χ0n) is 15.2. The molecule has 25 heavy (non-hydrogen) atoms. The van der Waals surface area contributed by atoms with Gasteiger partial charge in [-0.15, -0.1) is 0 Å². The molecule has 1 fully saturated rings. The van der Waals surface area contributed by atoms with Gasteiger partial charge in [0.25, 0.3) is 0 Å². The summed E-state index contributed by atoms with van der Waals surface area (Å²) in [6.07, 6.45) is 9.03. The van der Waals surface area contributed by atoms with Crippen LogP contribution in [0.25, 0.3) is 6.08 Å². The van der Waals surface area contributed by atoms with Crippen molar-refractivity contribution >= 4 is 6.08 Å². The van der Waals surface area contributed by atoms with Crippen molar-refractivity contribution in [3.63, 3.8) is 0 Å². The zero-order valence-corrected chi connectivity index (χ0v) is 15.2. The Kier molecular flexibility index (Phi) is 7.83. The Morgan fingerprint density at radius 1 is 1.12 bits per heavy atom. The normalized spacial score (nSPS) is 21.6. The molecule has 1 saturated carbocycles. The summed E-state index contributed by atoms with van der Waals surface area (Å²) in [5.41, 5.74) is 1.74. The Morgan fingerprint density at radius 2 is 1.76 bits per heavy atom. The highest BCUT2D eigenvalue weighted by atomic mass is 19.3. The summed E-state index contributed by atoms with van der Waals surface area (Å²) < 4.78 is 33.2. The maximum atomic E-state index is 14.1. The van der Waals surface area contributed by atoms with Crippen molar-refractivity contribution in [3.8, 4) is 0 Å². The molecule has 138 valence electrons. The topological polar surface area (TPSA) is 9.23 Å². The molecule has 0 radical (unpaired) electrons. The van der Waals surface area contributed by atoms with Crippen molar-refractivity contribution in [3.05, 3.63) is 54.1 Å². The second-order valence-electron chi connectivity index (χ2n) is 7.11. The summed E-state index contributed by atoms with van der Waals surface area (Å²) in [7, 11) is 0. The smallest absolute Gasteiger partial charge is 0.316 e. The molecule has 1 aromatic carbocycles. The number of hydrogen-bond acceptors (Lipinski definition) is 1. The summed E-state index contributed by atoms with van der Waals surface area (Å²) in [5, 5.41) is 0. The average molecular weight is 348 g/mol. The van der Waals surface area contributed by atoms with Crippen molar-refractivity contribution in [1.82, 2.24) is 0 Å². The lowest BCUT2D eigenvalue weighted by Gasteiger charge is -2.30. The van der Waals surface area contributed by atoms with Crippen LogP contribution in [0.2, 0.25) is 0 Å². The van der Waals surface area contributed by atoms with E-state index in [1.165, 1.54) is 6.42 Å². The molecule has 1 aliphatic rings. The first-order chi connectivity index (χ1) is 12.0. The molecule has 0 aromatic heterocycles. The van der Waals surface area contributed by atoms with Crippen LogP contribution in [0, 0.1) is 11.8 Å². The van der Waals surface area contributed by atoms with Gasteiger partial charge in [-0.1, -0.05) is 61.9 Å². The number of benzene rings is 1. The Balaban J connectivity index is 1.72. The third kappa shape index (κ3) is 7.11. The first-order valence-electron chi connectivity index (χ1n) is 9.36. The van der Waals surface area contributed by atoms with Crippen molar-refractivity contribution in [2.75, 3.05) is 0 Å². The van der Waals surface area contributed by atoms with E-state index in [0.29, 0.717) is 5.92 Å². The molecule has 0 bridgehead atoms. The molecular formula is C22H30F2O. The van der Waals surface area contributed by atoms with E-state index in [4.69, 9.17) is 4.74 Å². The monoisotopic (exact) mass is 348 g/mol. The summed E-state index contributed by atoms with van der Waals surface area (Å²) in [4.78, 5) is 0. The van der Waals surface area contributed by atoms with Gasteiger partial charge in [-0.2, -0.15) is 8.78 Å².